The summed E-state index contributed by atoms with van der Waals surface area (Å²) in [5, 5.41) is 5.85. The molecule has 1 heterocycles. The molecule has 22 heavy (non-hydrogen) atoms. The number of ether oxygens (including phenoxy) is 1. The van der Waals surface area contributed by atoms with Crippen LogP contribution >= 0.6 is 0 Å². The Bertz CT molecular complexity index is 493. The fourth-order valence-corrected chi connectivity index (χ4v) is 2.92. The molecule has 2 saturated carbocycles. The molecule has 0 aliphatic heterocycles. The van der Waals surface area contributed by atoms with Gasteiger partial charge >= 0.3 is 6.03 Å². The monoisotopic (exact) mass is 303 g/mol. The number of hydrogen-bond donors (Lipinski definition) is 2. The van der Waals surface area contributed by atoms with Gasteiger partial charge in [-0.25, -0.2) is 9.78 Å². The molecule has 1 unspecified atom stereocenters. The van der Waals surface area contributed by atoms with Crippen LogP contribution < -0.4 is 15.4 Å². The Morgan fingerprint density at radius 1 is 1.32 bits per heavy atom. The maximum absolute atomic E-state index is 11.8. The van der Waals surface area contributed by atoms with Crippen molar-refractivity contribution in [3.63, 3.8) is 0 Å². The standard InChI is InChI=1S/C17H25N3O2/c1-12(14-7-8-14)20-17(21)19-11-13-6-9-16(18-10-13)22-15-4-2-3-5-15/h6,9-10,12,14-15H,2-5,7-8,11H2,1H3,(H2,19,20,21). The molecule has 3 rings (SSSR count). The zero-order valence-corrected chi connectivity index (χ0v) is 13.2. The summed E-state index contributed by atoms with van der Waals surface area (Å²) in [5.41, 5.74) is 0.980. The quantitative estimate of drug-likeness (QED) is 0.849. The van der Waals surface area contributed by atoms with Crippen molar-refractivity contribution in [2.75, 3.05) is 0 Å². The fraction of sp³-hybridized carbons (Fsp3) is 0.647. The van der Waals surface area contributed by atoms with Crippen molar-refractivity contribution in [1.82, 2.24) is 15.6 Å². The van der Waals surface area contributed by atoms with E-state index in [0.29, 0.717) is 24.4 Å². The van der Waals surface area contributed by atoms with Crippen molar-refractivity contribution in [1.29, 1.82) is 0 Å². The largest absolute Gasteiger partial charge is 0.474 e. The first-order valence-electron chi connectivity index (χ1n) is 8.36. The van der Waals surface area contributed by atoms with Gasteiger partial charge in [0.25, 0.3) is 0 Å². The Morgan fingerprint density at radius 2 is 2.09 bits per heavy atom. The number of amides is 2. The summed E-state index contributed by atoms with van der Waals surface area (Å²) in [7, 11) is 0. The van der Waals surface area contributed by atoms with Crippen LogP contribution in [0, 0.1) is 5.92 Å². The van der Waals surface area contributed by atoms with Crippen LogP contribution in [0.25, 0.3) is 0 Å². The molecular formula is C17H25N3O2. The van der Waals surface area contributed by atoms with Crippen LogP contribution in [0.2, 0.25) is 0 Å². The normalized spacial score (nSPS) is 19.7. The number of rotatable bonds is 6. The Hall–Kier alpha value is -1.78. The molecule has 0 aromatic carbocycles. The first kappa shape index (κ1) is 15.1. The Kier molecular flexibility index (Phi) is 4.80. The van der Waals surface area contributed by atoms with Gasteiger partial charge in [0.05, 0.1) is 0 Å². The number of aromatic nitrogens is 1. The van der Waals surface area contributed by atoms with Gasteiger partial charge in [-0.15, -0.1) is 0 Å². The van der Waals surface area contributed by atoms with E-state index < -0.39 is 0 Å². The van der Waals surface area contributed by atoms with Gasteiger partial charge in [-0.2, -0.15) is 0 Å². The molecule has 5 heteroatoms. The smallest absolute Gasteiger partial charge is 0.315 e. The first-order chi connectivity index (χ1) is 10.7. The molecule has 0 bridgehead atoms. The predicted molar refractivity (Wildman–Crippen MR) is 84.7 cm³/mol. The summed E-state index contributed by atoms with van der Waals surface area (Å²) < 4.78 is 5.83. The van der Waals surface area contributed by atoms with Crippen LogP contribution in [-0.4, -0.2) is 23.2 Å². The average Bonchev–Trinajstić information content (AvgIpc) is 3.25. The second-order valence-corrected chi connectivity index (χ2v) is 6.48. The van der Waals surface area contributed by atoms with E-state index in [1.54, 1.807) is 6.20 Å². The molecule has 2 aliphatic rings. The second kappa shape index (κ2) is 6.99. The van der Waals surface area contributed by atoms with Gasteiger partial charge in [-0.1, -0.05) is 6.07 Å². The van der Waals surface area contributed by atoms with Crippen LogP contribution in [0.3, 0.4) is 0 Å². The van der Waals surface area contributed by atoms with Crippen molar-refractivity contribution < 1.29 is 9.53 Å². The molecule has 2 amide bonds. The van der Waals surface area contributed by atoms with Gasteiger partial charge in [0.15, 0.2) is 0 Å². The molecule has 2 aliphatic carbocycles. The summed E-state index contributed by atoms with van der Waals surface area (Å²) in [6, 6.07) is 4.01. The number of hydrogen-bond acceptors (Lipinski definition) is 3. The molecule has 1 aromatic rings. The third kappa shape index (κ3) is 4.36. The van der Waals surface area contributed by atoms with E-state index >= 15 is 0 Å². The summed E-state index contributed by atoms with van der Waals surface area (Å²) in [6.45, 7) is 2.55. The number of carbonyl (C=O) groups is 1. The minimum absolute atomic E-state index is 0.106. The van der Waals surface area contributed by atoms with Gasteiger partial charge in [0.1, 0.15) is 6.10 Å². The second-order valence-electron chi connectivity index (χ2n) is 6.48. The topological polar surface area (TPSA) is 63.2 Å². The van der Waals surface area contributed by atoms with Gasteiger partial charge in [-0.05, 0) is 56.9 Å². The Morgan fingerprint density at radius 3 is 2.73 bits per heavy atom. The lowest BCUT2D eigenvalue weighted by Crippen LogP contribution is -2.41. The van der Waals surface area contributed by atoms with Gasteiger partial charge in [0, 0.05) is 24.8 Å². The Labute approximate surface area is 131 Å². The highest BCUT2D eigenvalue weighted by Crippen LogP contribution is 2.32. The van der Waals surface area contributed by atoms with E-state index in [9.17, 15) is 4.79 Å². The Balaban J connectivity index is 1.41. The van der Waals surface area contributed by atoms with Crippen molar-refractivity contribution in [2.45, 2.75) is 64.1 Å². The molecular weight excluding hydrogens is 278 g/mol. The van der Waals surface area contributed by atoms with Crippen LogP contribution in [0.15, 0.2) is 18.3 Å². The van der Waals surface area contributed by atoms with Crippen LogP contribution in [-0.2, 0) is 6.54 Å². The third-order valence-corrected chi connectivity index (χ3v) is 4.53. The molecule has 1 aromatic heterocycles. The van der Waals surface area contributed by atoms with Gasteiger partial charge in [-0.3, -0.25) is 0 Å². The zero-order chi connectivity index (χ0) is 15.4. The van der Waals surface area contributed by atoms with E-state index in [1.807, 2.05) is 12.1 Å². The number of nitrogens with zero attached hydrogens (tertiary/aromatic N) is 1. The molecule has 2 N–H and O–H groups in total. The van der Waals surface area contributed by atoms with E-state index in [0.717, 1.165) is 18.4 Å². The molecule has 0 saturated heterocycles. The molecule has 2 fully saturated rings. The number of nitrogens with one attached hydrogen (secondary N) is 2. The van der Waals surface area contributed by atoms with Gasteiger partial charge < -0.3 is 15.4 Å². The third-order valence-electron chi connectivity index (χ3n) is 4.53. The fourth-order valence-electron chi connectivity index (χ4n) is 2.92. The highest BCUT2D eigenvalue weighted by Gasteiger charge is 2.28. The number of carbonyl (C=O) groups excluding carboxylic acids is 1. The maximum Gasteiger partial charge on any atom is 0.315 e. The van der Waals surface area contributed by atoms with E-state index in [4.69, 9.17) is 4.74 Å². The maximum atomic E-state index is 11.8. The lowest BCUT2D eigenvalue weighted by Gasteiger charge is -2.14. The predicted octanol–water partition coefficient (Wildman–Crippen LogP) is 3.00. The van der Waals surface area contributed by atoms with Crippen LogP contribution in [0.5, 0.6) is 5.88 Å². The highest BCUT2D eigenvalue weighted by molar-refractivity contribution is 5.74. The summed E-state index contributed by atoms with van der Waals surface area (Å²) in [4.78, 5) is 16.1. The zero-order valence-electron chi connectivity index (χ0n) is 13.2. The average molecular weight is 303 g/mol. The van der Waals surface area contributed by atoms with Crippen molar-refractivity contribution in [3.05, 3.63) is 23.9 Å². The van der Waals surface area contributed by atoms with E-state index in [-0.39, 0.29) is 12.1 Å². The summed E-state index contributed by atoms with van der Waals surface area (Å²) >= 11 is 0. The number of pyridine rings is 1. The lowest BCUT2D eigenvalue weighted by molar-refractivity contribution is 0.201. The lowest BCUT2D eigenvalue weighted by atomic mass is 10.2. The van der Waals surface area contributed by atoms with Crippen molar-refractivity contribution in [2.24, 2.45) is 5.92 Å². The van der Waals surface area contributed by atoms with Crippen LogP contribution in [0.1, 0.15) is 51.0 Å². The van der Waals surface area contributed by atoms with Crippen molar-refractivity contribution >= 4 is 6.03 Å². The summed E-state index contributed by atoms with van der Waals surface area (Å²) in [5.74, 6) is 1.35. The van der Waals surface area contributed by atoms with Crippen LogP contribution in [0.4, 0.5) is 4.79 Å². The first-order valence-corrected chi connectivity index (χ1v) is 8.36. The minimum atomic E-state index is -0.106. The van der Waals surface area contributed by atoms with E-state index in [1.165, 1.54) is 25.7 Å². The molecule has 5 nitrogen and oxygen atoms in total. The molecule has 1 atom stereocenters. The SMILES string of the molecule is CC(NC(=O)NCc1ccc(OC2CCCC2)nc1)C1CC1. The van der Waals surface area contributed by atoms with E-state index in [2.05, 4.69) is 22.5 Å². The minimum Gasteiger partial charge on any atom is -0.474 e. The van der Waals surface area contributed by atoms with Crippen molar-refractivity contribution in [3.8, 4) is 5.88 Å². The summed E-state index contributed by atoms with van der Waals surface area (Å²) in [6.07, 6.45) is 9.32. The molecule has 0 radical (unpaired) electrons. The highest BCUT2D eigenvalue weighted by atomic mass is 16.5. The molecule has 0 spiro atoms. The number of urea groups is 1. The molecule has 120 valence electrons. The van der Waals surface area contributed by atoms with Gasteiger partial charge in [0.2, 0.25) is 5.88 Å².